The van der Waals surface area contributed by atoms with Crippen LogP contribution in [0.5, 0.6) is 17.2 Å². The molecule has 4 aromatic rings. The predicted molar refractivity (Wildman–Crippen MR) is 107 cm³/mol. The summed E-state index contributed by atoms with van der Waals surface area (Å²) in [7, 11) is 2.96. The van der Waals surface area contributed by atoms with Crippen LogP contribution in [0, 0.1) is 0 Å². The first-order valence-electron chi connectivity index (χ1n) is 8.67. The molecule has 0 radical (unpaired) electrons. The molecule has 0 spiro atoms. The second-order valence-corrected chi connectivity index (χ2v) is 7.53. The van der Waals surface area contributed by atoms with Crippen LogP contribution in [-0.4, -0.2) is 29.3 Å². The van der Waals surface area contributed by atoms with Gasteiger partial charge in [-0.25, -0.2) is 4.98 Å². The molecule has 0 saturated carbocycles. The molecule has 3 heterocycles. The number of hydrogen-bond acceptors (Lipinski definition) is 6. The molecule has 0 aliphatic rings. The van der Waals surface area contributed by atoms with Gasteiger partial charge in [0.1, 0.15) is 10.6 Å². The summed E-state index contributed by atoms with van der Waals surface area (Å²) >= 11 is 0.890. The van der Waals surface area contributed by atoms with Crippen LogP contribution in [0.2, 0.25) is 0 Å². The van der Waals surface area contributed by atoms with Gasteiger partial charge in [0.15, 0.2) is 11.5 Å². The highest BCUT2D eigenvalue weighted by Crippen LogP contribution is 2.43. The van der Waals surface area contributed by atoms with Gasteiger partial charge in [-0.2, -0.15) is 13.2 Å². The van der Waals surface area contributed by atoms with Crippen LogP contribution < -0.4 is 15.0 Å². The lowest BCUT2D eigenvalue weighted by molar-refractivity contribution is -0.136. The van der Waals surface area contributed by atoms with E-state index in [0.29, 0.717) is 17.1 Å². The number of aromatic nitrogens is 2. The highest BCUT2D eigenvalue weighted by atomic mass is 32.1. The van der Waals surface area contributed by atoms with Crippen molar-refractivity contribution >= 4 is 31.8 Å². The van der Waals surface area contributed by atoms with Crippen molar-refractivity contribution in [1.82, 2.24) is 9.97 Å². The summed E-state index contributed by atoms with van der Waals surface area (Å²) in [6.45, 7) is 0. The normalized spacial score (nSPS) is 11.9. The third-order valence-electron chi connectivity index (χ3n) is 4.60. The maximum absolute atomic E-state index is 13.8. The second-order valence-electron chi connectivity index (χ2n) is 6.53. The molecule has 0 aliphatic carbocycles. The molecule has 2 N–H and O–H groups in total. The number of aromatic amines is 1. The van der Waals surface area contributed by atoms with Gasteiger partial charge in [0.2, 0.25) is 0 Å². The minimum Gasteiger partial charge on any atom is -0.506 e. The molecule has 0 bridgehead atoms. The zero-order chi connectivity index (χ0) is 21.6. The van der Waals surface area contributed by atoms with Gasteiger partial charge in [-0.15, -0.1) is 11.3 Å². The summed E-state index contributed by atoms with van der Waals surface area (Å²) in [6.07, 6.45) is -4.56. The number of ether oxygens (including phenoxy) is 2. The number of thiophene rings is 1. The standard InChI is InChI=1S/C20H15F3N2O4S/c1-28-13-4-3-9(6-14(13)29-2)5-10-7-11(20(21,22)23)16-17-18(30-19(16)24-10)12(26)8-15(27)25-17/h3-4,6-8H,5H2,1-2H3,(H2,25,26,27). The molecular formula is C20H15F3N2O4S. The number of rotatable bonds is 4. The van der Waals surface area contributed by atoms with E-state index in [1.165, 1.54) is 14.2 Å². The Kier molecular flexibility index (Phi) is 4.81. The van der Waals surface area contributed by atoms with Gasteiger partial charge in [0.25, 0.3) is 5.56 Å². The molecule has 0 saturated heterocycles. The zero-order valence-corrected chi connectivity index (χ0v) is 16.6. The Balaban J connectivity index is 1.91. The minimum absolute atomic E-state index is 0.0718. The third-order valence-corrected chi connectivity index (χ3v) is 5.71. The maximum atomic E-state index is 13.8. The van der Waals surface area contributed by atoms with E-state index in [9.17, 15) is 23.1 Å². The van der Waals surface area contributed by atoms with Gasteiger partial charge in [0.05, 0.1) is 30.0 Å². The monoisotopic (exact) mass is 436 g/mol. The van der Waals surface area contributed by atoms with Gasteiger partial charge in [-0.3, -0.25) is 4.79 Å². The highest BCUT2D eigenvalue weighted by Gasteiger charge is 2.35. The number of alkyl halides is 3. The molecule has 0 unspecified atom stereocenters. The van der Waals surface area contributed by atoms with Crippen molar-refractivity contribution in [3.63, 3.8) is 0 Å². The molecule has 4 rings (SSSR count). The predicted octanol–water partition coefficient (Wildman–Crippen LogP) is 4.47. The molecule has 6 nitrogen and oxygen atoms in total. The molecule has 0 aliphatic heterocycles. The lowest BCUT2D eigenvalue weighted by Crippen LogP contribution is -2.09. The van der Waals surface area contributed by atoms with Gasteiger partial charge >= 0.3 is 6.18 Å². The molecule has 0 amide bonds. The molecule has 1 aromatic carbocycles. The van der Waals surface area contributed by atoms with Crippen LogP contribution in [-0.2, 0) is 12.6 Å². The van der Waals surface area contributed by atoms with Crippen molar-refractivity contribution in [3.05, 3.63) is 57.5 Å². The Morgan fingerprint density at radius 1 is 1.13 bits per heavy atom. The molecule has 0 fully saturated rings. The first-order chi connectivity index (χ1) is 14.2. The van der Waals surface area contributed by atoms with Crippen LogP contribution >= 0.6 is 11.3 Å². The topological polar surface area (TPSA) is 84.4 Å². The van der Waals surface area contributed by atoms with Crippen molar-refractivity contribution in [1.29, 1.82) is 0 Å². The first-order valence-corrected chi connectivity index (χ1v) is 9.49. The number of hydrogen-bond donors (Lipinski definition) is 2. The van der Waals surface area contributed by atoms with Crippen LogP contribution in [0.1, 0.15) is 16.8 Å². The number of pyridine rings is 2. The SMILES string of the molecule is COc1ccc(Cc2cc(C(F)(F)F)c3c(n2)sc2c(O)cc(=O)[nH]c23)cc1OC. The van der Waals surface area contributed by atoms with Crippen molar-refractivity contribution in [3.8, 4) is 17.2 Å². The summed E-state index contributed by atoms with van der Waals surface area (Å²) in [5, 5.41) is 9.78. The molecule has 10 heteroatoms. The minimum atomic E-state index is -4.68. The fraction of sp³-hybridized carbons (Fsp3) is 0.200. The Bertz CT molecular complexity index is 1330. The van der Waals surface area contributed by atoms with E-state index < -0.39 is 17.3 Å². The Hall–Kier alpha value is -3.27. The number of aromatic hydroxyl groups is 1. The number of benzene rings is 1. The maximum Gasteiger partial charge on any atom is 0.417 e. The van der Waals surface area contributed by atoms with E-state index in [1.54, 1.807) is 18.2 Å². The Morgan fingerprint density at radius 2 is 1.87 bits per heavy atom. The lowest BCUT2D eigenvalue weighted by Gasteiger charge is -2.12. The second kappa shape index (κ2) is 7.21. The van der Waals surface area contributed by atoms with Crippen LogP contribution in [0.15, 0.2) is 35.1 Å². The summed E-state index contributed by atoms with van der Waals surface area (Å²) in [6, 6.07) is 6.95. The summed E-state index contributed by atoms with van der Waals surface area (Å²) in [4.78, 5) is 18.5. The quantitative estimate of drug-likeness (QED) is 0.493. The number of fused-ring (bicyclic) bond motifs is 3. The van der Waals surface area contributed by atoms with E-state index in [1.807, 2.05) is 0 Å². The van der Waals surface area contributed by atoms with Crippen molar-refractivity contribution in [2.75, 3.05) is 14.2 Å². The largest absolute Gasteiger partial charge is 0.506 e. The van der Waals surface area contributed by atoms with Crippen molar-refractivity contribution in [2.45, 2.75) is 12.6 Å². The Morgan fingerprint density at radius 3 is 2.53 bits per heavy atom. The van der Waals surface area contributed by atoms with Gasteiger partial charge < -0.3 is 19.6 Å². The number of halogens is 3. The molecule has 0 atom stereocenters. The smallest absolute Gasteiger partial charge is 0.417 e. The van der Waals surface area contributed by atoms with Gasteiger partial charge in [-0.1, -0.05) is 6.07 Å². The van der Waals surface area contributed by atoms with E-state index in [4.69, 9.17) is 9.47 Å². The summed E-state index contributed by atoms with van der Waals surface area (Å²) < 4.78 is 52.1. The summed E-state index contributed by atoms with van der Waals surface area (Å²) in [5.74, 6) is 0.576. The number of nitrogens with one attached hydrogen (secondary N) is 1. The fourth-order valence-electron chi connectivity index (χ4n) is 3.31. The lowest BCUT2D eigenvalue weighted by atomic mass is 10.0. The van der Waals surface area contributed by atoms with Crippen molar-refractivity contribution < 1.29 is 27.8 Å². The average Bonchev–Trinajstić information content (AvgIpc) is 3.05. The van der Waals surface area contributed by atoms with Gasteiger partial charge in [0, 0.05) is 23.6 Å². The fourth-order valence-corrected chi connectivity index (χ4v) is 4.40. The van der Waals surface area contributed by atoms with E-state index in [-0.39, 0.29) is 38.3 Å². The van der Waals surface area contributed by atoms with E-state index in [2.05, 4.69) is 9.97 Å². The van der Waals surface area contributed by atoms with E-state index in [0.717, 1.165) is 23.5 Å². The summed E-state index contributed by atoms with van der Waals surface area (Å²) in [5.41, 5.74) is -0.810. The highest BCUT2D eigenvalue weighted by molar-refractivity contribution is 7.25. The van der Waals surface area contributed by atoms with Gasteiger partial charge in [-0.05, 0) is 23.8 Å². The molecule has 30 heavy (non-hydrogen) atoms. The number of H-pyrrole nitrogens is 1. The zero-order valence-electron chi connectivity index (χ0n) is 15.8. The molecule has 156 valence electrons. The first kappa shape index (κ1) is 20.0. The molecular weight excluding hydrogens is 421 g/mol. The number of nitrogens with zero attached hydrogens (tertiary/aromatic N) is 1. The third kappa shape index (κ3) is 3.43. The van der Waals surface area contributed by atoms with Crippen LogP contribution in [0.25, 0.3) is 20.4 Å². The van der Waals surface area contributed by atoms with E-state index >= 15 is 0 Å². The average molecular weight is 436 g/mol. The Labute approximate surface area is 171 Å². The number of methoxy groups -OCH3 is 2. The molecule has 3 aromatic heterocycles. The van der Waals surface area contributed by atoms with Crippen LogP contribution in [0.3, 0.4) is 0 Å². The van der Waals surface area contributed by atoms with Crippen LogP contribution in [0.4, 0.5) is 13.2 Å². The van der Waals surface area contributed by atoms with Crippen molar-refractivity contribution in [2.24, 2.45) is 0 Å².